The van der Waals surface area contributed by atoms with E-state index in [2.05, 4.69) is 5.32 Å². The van der Waals surface area contributed by atoms with Crippen LogP contribution in [0, 0.1) is 5.92 Å². The van der Waals surface area contributed by atoms with Crippen molar-refractivity contribution < 1.29 is 14.7 Å². The van der Waals surface area contributed by atoms with Gasteiger partial charge in [-0.1, -0.05) is 39.0 Å². The van der Waals surface area contributed by atoms with E-state index < -0.39 is 17.9 Å². The number of aliphatic hydroxyl groups is 1. The topological polar surface area (TPSA) is 69.6 Å². The number of anilines is 1. The molecule has 5 heteroatoms. The number of hydrogen-bond acceptors (Lipinski definition) is 3. The van der Waals surface area contributed by atoms with Crippen LogP contribution in [0.5, 0.6) is 0 Å². The highest BCUT2D eigenvalue weighted by Crippen LogP contribution is 2.24. The summed E-state index contributed by atoms with van der Waals surface area (Å²) in [6.45, 7) is 6.76. The summed E-state index contributed by atoms with van der Waals surface area (Å²) in [5.74, 6) is -0.808. The van der Waals surface area contributed by atoms with E-state index in [1.165, 1.54) is 4.90 Å². The number of β-amino-alcohol motifs (C(OH)–C–C–N with tert-alkyl or cyclic N) is 1. The van der Waals surface area contributed by atoms with Gasteiger partial charge in [-0.05, 0) is 29.9 Å². The molecular weight excluding hydrogens is 280 g/mol. The van der Waals surface area contributed by atoms with Crippen molar-refractivity contribution in [3.63, 3.8) is 0 Å². The fourth-order valence-electron chi connectivity index (χ4n) is 2.67. The molecule has 2 rings (SSSR count). The number of aliphatic hydroxyl groups excluding tert-OH is 1. The number of hydrogen-bond donors (Lipinski definition) is 2. The van der Waals surface area contributed by atoms with Crippen LogP contribution in [0.3, 0.4) is 0 Å². The molecule has 1 heterocycles. The highest BCUT2D eigenvalue weighted by Gasteiger charge is 2.30. The third-order valence-corrected chi connectivity index (χ3v) is 4.23. The van der Waals surface area contributed by atoms with Gasteiger partial charge in [-0.25, -0.2) is 0 Å². The maximum atomic E-state index is 12.2. The third kappa shape index (κ3) is 3.65. The normalized spacial score (nSPS) is 21.8. The van der Waals surface area contributed by atoms with Crippen LogP contribution in [0.15, 0.2) is 24.3 Å². The molecule has 120 valence electrons. The predicted octanol–water partition coefficient (Wildman–Crippen LogP) is 1.98. The highest BCUT2D eigenvalue weighted by molar-refractivity contribution is 6.39. The lowest BCUT2D eigenvalue weighted by molar-refractivity contribution is -0.146. The summed E-state index contributed by atoms with van der Waals surface area (Å²) in [4.78, 5) is 25.9. The molecule has 0 saturated carbocycles. The van der Waals surface area contributed by atoms with Crippen molar-refractivity contribution in [2.75, 3.05) is 18.4 Å². The lowest BCUT2D eigenvalue weighted by atomic mass is 9.96. The largest absolute Gasteiger partial charge is 0.391 e. The molecule has 1 saturated heterocycles. The van der Waals surface area contributed by atoms with Crippen molar-refractivity contribution >= 4 is 17.5 Å². The number of nitrogens with one attached hydrogen (secondary N) is 1. The van der Waals surface area contributed by atoms with E-state index in [1.54, 1.807) is 6.07 Å². The van der Waals surface area contributed by atoms with E-state index >= 15 is 0 Å². The van der Waals surface area contributed by atoms with Crippen molar-refractivity contribution in [2.45, 2.75) is 39.2 Å². The van der Waals surface area contributed by atoms with Gasteiger partial charge in [-0.15, -0.1) is 0 Å². The number of nitrogens with zero attached hydrogens (tertiary/aromatic N) is 1. The van der Waals surface area contributed by atoms with Crippen LogP contribution in [0.4, 0.5) is 5.69 Å². The van der Waals surface area contributed by atoms with Crippen LogP contribution in [-0.2, 0) is 9.59 Å². The maximum absolute atomic E-state index is 12.2. The number of carbonyl (C=O) groups is 2. The van der Waals surface area contributed by atoms with Crippen LogP contribution in [0.2, 0.25) is 0 Å². The average molecular weight is 304 g/mol. The molecule has 0 radical (unpaired) electrons. The summed E-state index contributed by atoms with van der Waals surface area (Å²) in [6, 6.07) is 7.48. The average Bonchev–Trinajstić information content (AvgIpc) is 2.49. The Bertz CT molecular complexity index is 557. The fourth-order valence-corrected chi connectivity index (χ4v) is 2.67. The first kappa shape index (κ1) is 16.5. The standard InChI is InChI=1S/C17H24N2O3/c1-11(2)13-6-4-5-7-14(13)18-16(21)17(22)19-9-8-12(3)15(20)10-19/h4-7,11-12,15,20H,8-10H2,1-3H3,(H,18,21). The first-order valence-corrected chi connectivity index (χ1v) is 7.77. The number of benzene rings is 1. The molecule has 5 nitrogen and oxygen atoms in total. The zero-order valence-electron chi connectivity index (χ0n) is 13.4. The number of piperidine rings is 1. The second-order valence-corrected chi connectivity index (χ2v) is 6.28. The van der Waals surface area contributed by atoms with Crippen molar-refractivity contribution in [1.29, 1.82) is 0 Å². The van der Waals surface area contributed by atoms with E-state index in [1.807, 2.05) is 39.0 Å². The second-order valence-electron chi connectivity index (χ2n) is 6.28. The van der Waals surface area contributed by atoms with Crippen molar-refractivity contribution in [2.24, 2.45) is 5.92 Å². The molecule has 0 spiro atoms. The number of rotatable bonds is 2. The number of amides is 2. The maximum Gasteiger partial charge on any atom is 0.313 e. The van der Waals surface area contributed by atoms with Crippen LogP contribution in [0.1, 0.15) is 38.7 Å². The summed E-state index contributed by atoms with van der Waals surface area (Å²) in [7, 11) is 0. The second kappa shape index (κ2) is 6.92. The summed E-state index contributed by atoms with van der Waals surface area (Å²) >= 11 is 0. The minimum absolute atomic E-state index is 0.161. The first-order valence-electron chi connectivity index (χ1n) is 7.77. The zero-order valence-corrected chi connectivity index (χ0v) is 13.4. The predicted molar refractivity (Wildman–Crippen MR) is 85.5 cm³/mol. The molecule has 0 aromatic heterocycles. The molecule has 1 fully saturated rings. The molecule has 1 aliphatic rings. The molecule has 0 bridgehead atoms. The monoisotopic (exact) mass is 304 g/mol. The van der Waals surface area contributed by atoms with E-state index in [4.69, 9.17) is 0 Å². The van der Waals surface area contributed by atoms with Gasteiger partial charge in [-0.2, -0.15) is 0 Å². The third-order valence-electron chi connectivity index (χ3n) is 4.23. The van der Waals surface area contributed by atoms with Gasteiger partial charge in [0.25, 0.3) is 0 Å². The number of para-hydroxylation sites is 1. The minimum atomic E-state index is -0.644. The van der Waals surface area contributed by atoms with Gasteiger partial charge in [0.2, 0.25) is 0 Å². The van der Waals surface area contributed by atoms with Crippen molar-refractivity contribution in [3.8, 4) is 0 Å². The van der Waals surface area contributed by atoms with Crippen LogP contribution < -0.4 is 5.32 Å². The lowest BCUT2D eigenvalue weighted by Crippen LogP contribution is -2.49. The van der Waals surface area contributed by atoms with Crippen LogP contribution in [-0.4, -0.2) is 41.0 Å². The van der Waals surface area contributed by atoms with Gasteiger partial charge in [0, 0.05) is 18.8 Å². The Morgan fingerprint density at radius 2 is 2.00 bits per heavy atom. The van der Waals surface area contributed by atoms with Crippen LogP contribution in [0.25, 0.3) is 0 Å². The SMILES string of the molecule is CC(C)c1ccccc1NC(=O)C(=O)N1CCC(C)C(O)C1. The fraction of sp³-hybridized carbons (Fsp3) is 0.529. The number of likely N-dealkylation sites (tertiary alicyclic amines) is 1. The Labute approximate surface area is 131 Å². The molecule has 2 amide bonds. The number of carbonyl (C=O) groups excluding carboxylic acids is 2. The summed E-state index contributed by atoms with van der Waals surface area (Å²) in [5.41, 5.74) is 1.66. The van der Waals surface area contributed by atoms with Gasteiger partial charge in [0.05, 0.1) is 6.10 Å². The Balaban J connectivity index is 2.05. The lowest BCUT2D eigenvalue weighted by Gasteiger charge is -2.33. The van der Waals surface area contributed by atoms with E-state index in [0.29, 0.717) is 18.7 Å². The Kier molecular flexibility index (Phi) is 5.19. The molecule has 2 unspecified atom stereocenters. The molecular formula is C17H24N2O3. The zero-order chi connectivity index (χ0) is 16.3. The van der Waals surface area contributed by atoms with Crippen molar-refractivity contribution in [1.82, 2.24) is 4.90 Å². The van der Waals surface area contributed by atoms with E-state index in [0.717, 1.165) is 5.56 Å². The van der Waals surface area contributed by atoms with E-state index in [-0.39, 0.29) is 18.4 Å². The van der Waals surface area contributed by atoms with Gasteiger partial charge >= 0.3 is 11.8 Å². The Morgan fingerprint density at radius 1 is 1.32 bits per heavy atom. The molecule has 2 N–H and O–H groups in total. The summed E-state index contributed by atoms with van der Waals surface area (Å²) < 4.78 is 0. The molecule has 1 aromatic carbocycles. The summed E-state index contributed by atoms with van der Waals surface area (Å²) in [5, 5.41) is 12.6. The van der Waals surface area contributed by atoms with Crippen LogP contribution >= 0.6 is 0 Å². The Morgan fingerprint density at radius 3 is 2.64 bits per heavy atom. The Hall–Kier alpha value is -1.88. The quantitative estimate of drug-likeness (QED) is 0.821. The van der Waals surface area contributed by atoms with Gasteiger partial charge in [0.15, 0.2) is 0 Å². The molecule has 22 heavy (non-hydrogen) atoms. The highest BCUT2D eigenvalue weighted by atomic mass is 16.3. The van der Waals surface area contributed by atoms with Crippen molar-refractivity contribution in [3.05, 3.63) is 29.8 Å². The smallest absolute Gasteiger partial charge is 0.313 e. The van der Waals surface area contributed by atoms with Gasteiger partial charge < -0.3 is 15.3 Å². The molecule has 1 aliphatic heterocycles. The van der Waals surface area contributed by atoms with E-state index in [9.17, 15) is 14.7 Å². The minimum Gasteiger partial charge on any atom is -0.391 e. The molecule has 2 atom stereocenters. The van der Waals surface area contributed by atoms with Gasteiger partial charge in [0.1, 0.15) is 0 Å². The first-order chi connectivity index (χ1) is 10.4. The molecule has 0 aliphatic carbocycles. The molecule has 1 aromatic rings. The summed E-state index contributed by atoms with van der Waals surface area (Å²) in [6.07, 6.45) is 0.149. The van der Waals surface area contributed by atoms with Gasteiger partial charge in [-0.3, -0.25) is 9.59 Å².